The number of halogens is 1. The third-order valence-corrected chi connectivity index (χ3v) is 5.09. The van der Waals surface area contributed by atoms with Crippen LogP contribution in [-0.4, -0.2) is 0 Å². The zero-order valence-corrected chi connectivity index (χ0v) is 10.6. The fraction of sp³-hybridized carbons (Fsp3) is 0.125. The minimum atomic E-state index is -0.525. The molecule has 0 unspecified atom stereocenters. The van der Waals surface area contributed by atoms with Gasteiger partial charge in [-0.1, -0.05) is 0 Å². The second kappa shape index (κ2) is 4.64. The van der Waals surface area contributed by atoms with Crippen LogP contribution in [0.2, 0.25) is 0 Å². The van der Waals surface area contributed by atoms with Crippen LogP contribution in [0.5, 0.6) is 0 Å². The Kier molecular flexibility index (Phi) is 3.76. The first-order chi connectivity index (χ1) is 5.38. The molecule has 0 aromatic heterocycles. The predicted octanol–water partition coefficient (Wildman–Crippen LogP) is 2.45. The number of nitriles is 1. The van der Waals surface area contributed by atoms with E-state index in [4.69, 9.17) is 5.26 Å². The number of nitrogens with zero attached hydrogens (tertiary/aromatic N) is 1. The van der Waals surface area contributed by atoms with E-state index in [2.05, 4.69) is 19.7 Å². The molecule has 1 rings (SSSR count). The van der Waals surface area contributed by atoms with Crippen LogP contribution in [0.15, 0.2) is 24.3 Å². The van der Waals surface area contributed by atoms with Crippen molar-refractivity contribution in [3.63, 3.8) is 0 Å². The molecule has 0 spiro atoms. The predicted molar refractivity (Wildman–Crippen MR) is 43.8 cm³/mol. The molecule has 0 atom stereocenters. The number of benzene rings is 1. The Morgan fingerprint density at radius 2 is 2.18 bits per heavy atom. The van der Waals surface area contributed by atoms with Crippen LogP contribution in [0, 0.1) is 11.3 Å². The van der Waals surface area contributed by atoms with Gasteiger partial charge >= 0.3 is 80.5 Å². The summed E-state index contributed by atoms with van der Waals surface area (Å²) in [5, 5.41) is 9.81. The topological polar surface area (TPSA) is 23.8 Å². The van der Waals surface area contributed by atoms with E-state index in [1.165, 1.54) is 5.56 Å². The van der Waals surface area contributed by atoms with Gasteiger partial charge in [0, 0.05) is 0 Å². The van der Waals surface area contributed by atoms with E-state index in [1.54, 1.807) is 0 Å². The molecule has 0 aliphatic heterocycles. The second-order valence-electron chi connectivity index (χ2n) is 2.21. The molecule has 11 heavy (non-hydrogen) atoms. The molecule has 0 amide bonds. The summed E-state index contributed by atoms with van der Waals surface area (Å²) >= 11 is 3.00. The average Bonchev–Trinajstić information content (AvgIpc) is 2.06. The summed E-state index contributed by atoms with van der Waals surface area (Å²) in [5.74, 6) is 0. The fourth-order valence-corrected chi connectivity index (χ4v) is 4.51. The van der Waals surface area contributed by atoms with Gasteiger partial charge in [0.25, 0.3) is 0 Å². The van der Waals surface area contributed by atoms with E-state index >= 15 is 0 Å². The van der Waals surface area contributed by atoms with Crippen LogP contribution in [0.4, 0.5) is 0 Å². The normalized spacial score (nSPS) is 8.36. The van der Waals surface area contributed by atoms with Crippen molar-refractivity contribution >= 4 is 13.6 Å². The van der Waals surface area contributed by atoms with Crippen molar-refractivity contribution in [3.8, 4) is 6.07 Å². The van der Waals surface area contributed by atoms with Crippen LogP contribution in [0.25, 0.3) is 0 Å². The van der Waals surface area contributed by atoms with Crippen LogP contribution >= 0.6 is 13.6 Å². The second-order valence-corrected chi connectivity index (χ2v) is 8.17. The monoisotopic (exact) mass is 259 g/mol. The molecule has 0 heterocycles. The molecule has 0 aliphatic rings. The number of hydrogen-bond acceptors (Lipinski definition) is 1. The van der Waals surface area contributed by atoms with Crippen molar-refractivity contribution in [3.05, 3.63) is 35.4 Å². The third kappa shape index (κ3) is 2.40. The van der Waals surface area contributed by atoms with E-state index in [0.717, 1.165) is 10.6 Å². The fourth-order valence-electron chi connectivity index (χ4n) is 0.949. The van der Waals surface area contributed by atoms with E-state index in [1.807, 2.05) is 24.3 Å². The molecule has 0 N–H and O–H groups in total. The number of rotatable bonds is 2. The summed E-state index contributed by atoms with van der Waals surface area (Å²) in [5.41, 5.74) is 2.03. The van der Waals surface area contributed by atoms with Gasteiger partial charge in [0.2, 0.25) is 0 Å². The minimum absolute atomic E-state index is 0.525. The van der Waals surface area contributed by atoms with E-state index in [-0.39, 0.29) is 0 Å². The molecule has 3 heteroatoms. The molecular weight excluding hydrogens is 255 g/mol. The quantitative estimate of drug-likeness (QED) is 0.750. The summed E-state index contributed by atoms with van der Waals surface area (Å²) < 4.78 is 0. The van der Waals surface area contributed by atoms with Crippen molar-refractivity contribution < 1.29 is 15.2 Å². The van der Waals surface area contributed by atoms with Gasteiger partial charge in [-0.3, -0.25) is 0 Å². The molecule has 0 radical (unpaired) electrons. The van der Waals surface area contributed by atoms with Crippen LogP contribution in [-0.2, 0) is 20.2 Å². The van der Waals surface area contributed by atoms with E-state index in [9.17, 15) is 0 Å². The van der Waals surface area contributed by atoms with Crippen molar-refractivity contribution in [2.75, 3.05) is 0 Å². The van der Waals surface area contributed by atoms with Gasteiger partial charge in [0.1, 0.15) is 0 Å². The molecule has 0 fully saturated rings. The van der Waals surface area contributed by atoms with E-state index < -0.39 is 15.2 Å². The van der Waals surface area contributed by atoms with Gasteiger partial charge in [-0.05, 0) is 0 Å². The SMILES string of the molecule is N#Cc1ccccc1[CH2][Zn][Br]. The Morgan fingerprint density at radius 1 is 1.45 bits per heavy atom. The zero-order valence-electron chi connectivity index (χ0n) is 6.05. The van der Waals surface area contributed by atoms with E-state index in [0.29, 0.717) is 0 Å². The van der Waals surface area contributed by atoms with Crippen LogP contribution in [0.1, 0.15) is 11.1 Å². The first-order valence-electron chi connectivity index (χ1n) is 3.42. The van der Waals surface area contributed by atoms with Crippen molar-refractivity contribution in [1.29, 1.82) is 5.26 Å². The van der Waals surface area contributed by atoms with Crippen LogP contribution in [0.3, 0.4) is 0 Å². The standard InChI is InChI=1S/C8H6N.BrH.Zn/c1-7-4-2-3-5-8(7)6-9;;/h2-5H,1H2;1H;/q;;+1/p-1. The summed E-state index contributed by atoms with van der Waals surface area (Å²) in [6.45, 7) is 0. The number of hydrogen-bond donors (Lipinski definition) is 0. The Balaban J connectivity index is 2.95. The molecule has 0 saturated heterocycles. The molecule has 1 nitrogen and oxygen atoms in total. The van der Waals surface area contributed by atoms with Gasteiger partial charge in [0.05, 0.1) is 0 Å². The van der Waals surface area contributed by atoms with Gasteiger partial charge in [-0.25, -0.2) is 0 Å². The molecular formula is C8H6BrNZn. The maximum absolute atomic E-state index is 8.70. The summed E-state index contributed by atoms with van der Waals surface area (Å²) in [6.07, 6.45) is 0. The first-order valence-corrected chi connectivity index (χ1v) is 12.5. The van der Waals surface area contributed by atoms with Gasteiger partial charge in [-0.2, -0.15) is 0 Å². The first kappa shape index (κ1) is 8.91. The Bertz CT molecular complexity index is 280. The summed E-state index contributed by atoms with van der Waals surface area (Å²) in [4.78, 5) is 0. The Hall–Kier alpha value is -0.187. The summed E-state index contributed by atoms with van der Waals surface area (Å²) in [7, 11) is 0. The maximum atomic E-state index is 8.70. The average molecular weight is 261 g/mol. The van der Waals surface area contributed by atoms with Crippen molar-refractivity contribution in [2.24, 2.45) is 0 Å². The van der Waals surface area contributed by atoms with Crippen molar-refractivity contribution in [1.82, 2.24) is 0 Å². The van der Waals surface area contributed by atoms with Gasteiger partial charge < -0.3 is 0 Å². The molecule has 52 valence electrons. The molecule has 0 bridgehead atoms. The molecule has 0 aliphatic carbocycles. The third-order valence-electron chi connectivity index (χ3n) is 1.50. The van der Waals surface area contributed by atoms with Crippen LogP contribution < -0.4 is 0 Å². The molecule has 1 aromatic rings. The zero-order chi connectivity index (χ0) is 8.10. The molecule has 0 saturated carbocycles. The summed E-state index contributed by atoms with van der Waals surface area (Å²) in [6, 6.07) is 9.99. The van der Waals surface area contributed by atoms with Gasteiger partial charge in [0.15, 0.2) is 0 Å². The van der Waals surface area contributed by atoms with Gasteiger partial charge in [-0.15, -0.1) is 0 Å². The molecule has 1 aromatic carbocycles. The Morgan fingerprint density at radius 3 is 2.82 bits per heavy atom. The Labute approximate surface area is 80.4 Å². The van der Waals surface area contributed by atoms with Crippen molar-refractivity contribution in [2.45, 2.75) is 5.02 Å².